The van der Waals surface area contributed by atoms with Gasteiger partial charge in [0.05, 0.1) is 7.11 Å². The van der Waals surface area contributed by atoms with E-state index in [4.69, 9.17) is 9.84 Å². The third kappa shape index (κ3) is 3.48. The van der Waals surface area contributed by atoms with Crippen LogP contribution in [0.25, 0.3) is 0 Å². The second-order valence-electron chi connectivity index (χ2n) is 4.77. The van der Waals surface area contributed by atoms with Crippen molar-refractivity contribution in [2.24, 2.45) is 0 Å². The van der Waals surface area contributed by atoms with Crippen LogP contribution in [0.15, 0.2) is 18.2 Å². The lowest BCUT2D eigenvalue weighted by molar-refractivity contribution is -0.116. The van der Waals surface area contributed by atoms with E-state index < -0.39 is 5.97 Å². The molecular formula is C14H18N2O4. The van der Waals surface area contributed by atoms with Crippen molar-refractivity contribution in [3.05, 3.63) is 23.8 Å². The maximum atomic E-state index is 11.9. The van der Waals surface area contributed by atoms with Crippen molar-refractivity contribution in [3.8, 4) is 5.75 Å². The van der Waals surface area contributed by atoms with Gasteiger partial charge in [0.2, 0.25) is 5.91 Å². The van der Waals surface area contributed by atoms with E-state index in [1.54, 1.807) is 6.07 Å². The van der Waals surface area contributed by atoms with Crippen LogP contribution in [0.5, 0.6) is 5.75 Å². The largest absolute Gasteiger partial charge is 0.496 e. The summed E-state index contributed by atoms with van der Waals surface area (Å²) < 4.78 is 5.02. The lowest BCUT2D eigenvalue weighted by atomic mass is 10.1. The Kier molecular flexibility index (Phi) is 4.57. The van der Waals surface area contributed by atoms with Gasteiger partial charge in [-0.25, -0.2) is 4.79 Å². The molecule has 1 atom stereocenters. The van der Waals surface area contributed by atoms with Crippen LogP contribution in [-0.2, 0) is 4.79 Å². The molecule has 1 aromatic rings. The standard InChI is InChI=1S/C14H18N2O4/c1-20-12-7-10(4-5-11(12)14(18)19)16-13(17)8-9-3-2-6-15-9/h4-5,7,9,15H,2-3,6,8H2,1H3,(H,16,17)(H,18,19). The van der Waals surface area contributed by atoms with Crippen LogP contribution in [0, 0.1) is 0 Å². The molecule has 0 aromatic heterocycles. The number of rotatable bonds is 5. The van der Waals surface area contributed by atoms with Crippen LogP contribution in [0.2, 0.25) is 0 Å². The number of methoxy groups -OCH3 is 1. The van der Waals surface area contributed by atoms with Gasteiger partial charge in [0, 0.05) is 24.2 Å². The molecular weight excluding hydrogens is 260 g/mol. The van der Waals surface area contributed by atoms with Crippen LogP contribution in [0.3, 0.4) is 0 Å². The SMILES string of the molecule is COc1cc(NC(=O)CC2CCCN2)ccc1C(=O)O. The average Bonchev–Trinajstić information content (AvgIpc) is 2.90. The number of amides is 1. The van der Waals surface area contributed by atoms with Crippen LogP contribution in [-0.4, -0.2) is 36.7 Å². The van der Waals surface area contributed by atoms with Crippen molar-refractivity contribution < 1.29 is 19.4 Å². The summed E-state index contributed by atoms with van der Waals surface area (Å²) in [7, 11) is 1.40. The molecule has 1 fully saturated rings. The van der Waals surface area contributed by atoms with Crippen molar-refractivity contribution in [1.82, 2.24) is 5.32 Å². The number of aromatic carboxylic acids is 1. The first kappa shape index (κ1) is 14.3. The molecule has 0 saturated carbocycles. The van der Waals surface area contributed by atoms with Crippen molar-refractivity contribution in [3.63, 3.8) is 0 Å². The predicted octanol–water partition coefficient (Wildman–Crippen LogP) is 1.47. The van der Waals surface area contributed by atoms with Gasteiger partial charge in [0.25, 0.3) is 0 Å². The lowest BCUT2D eigenvalue weighted by Gasteiger charge is -2.12. The van der Waals surface area contributed by atoms with Crippen LogP contribution >= 0.6 is 0 Å². The molecule has 0 radical (unpaired) electrons. The van der Waals surface area contributed by atoms with Gasteiger partial charge >= 0.3 is 5.97 Å². The molecule has 0 bridgehead atoms. The molecule has 6 heteroatoms. The van der Waals surface area contributed by atoms with Gasteiger partial charge in [-0.1, -0.05) is 0 Å². The van der Waals surface area contributed by atoms with Crippen molar-refractivity contribution in [2.75, 3.05) is 19.0 Å². The predicted molar refractivity (Wildman–Crippen MR) is 74.2 cm³/mol. The molecule has 0 aliphatic carbocycles. The minimum absolute atomic E-state index is 0.0722. The molecule has 1 amide bonds. The zero-order chi connectivity index (χ0) is 14.5. The van der Waals surface area contributed by atoms with Gasteiger partial charge < -0.3 is 20.5 Å². The smallest absolute Gasteiger partial charge is 0.339 e. The maximum absolute atomic E-state index is 11.9. The van der Waals surface area contributed by atoms with E-state index in [2.05, 4.69) is 10.6 Å². The average molecular weight is 278 g/mol. The summed E-state index contributed by atoms with van der Waals surface area (Å²) in [5.41, 5.74) is 0.609. The number of carboxylic acid groups (broad SMARTS) is 1. The Labute approximate surface area is 117 Å². The first-order valence-electron chi connectivity index (χ1n) is 6.54. The number of carbonyl (C=O) groups excluding carboxylic acids is 1. The summed E-state index contributed by atoms with van der Waals surface area (Å²) in [5, 5.41) is 15.0. The third-order valence-electron chi connectivity index (χ3n) is 3.31. The number of anilines is 1. The molecule has 108 valence electrons. The molecule has 20 heavy (non-hydrogen) atoms. The summed E-state index contributed by atoms with van der Waals surface area (Å²) in [5.74, 6) is -0.918. The van der Waals surface area contributed by atoms with Gasteiger partial charge in [-0.2, -0.15) is 0 Å². The first-order valence-corrected chi connectivity index (χ1v) is 6.54. The Hall–Kier alpha value is -2.08. The van der Waals surface area contributed by atoms with Crippen LogP contribution in [0.1, 0.15) is 29.6 Å². The number of hydrogen-bond donors (Lipinski definition) is 3. The van der Waals surface area contributed by atoms with E-state index in [9.17, 15) is 9.59 Å². The Morgan fingerprint density at radius 3 is 2.90 bits per heavy atom. The Morgan fingerprint density at radius 1 is 1.50 bits per heavy atom. The highest BCUT2D eigenvalue weighted by Gasteiger charge is 2.18. The summed E-state index contributed by atoms with van der Waals surface area (Å²) in [6.07, 6.45) is 2.52. The summed E-state index contributed by atoms with van der Waals surface area (Å²) in [6, 6.07) is 4.73. The number of benzene rings is 1. The fourth-order valence-corrected chi connectivity index (χ4v) is 2.31. The highest BCUT2D eigenvalue weighted by Crippen LogP contribution is 2.23. The summed E-state index contributed by atoms with van der Waals surface area (Å²) >= 11 is 0. The van der Waals surface area contributed by atoms with Gasteiger partial charge in [0.15, 0.2) is 0 Å². The molecule has 1 aromatic carbocycles. The van der Waals surface area contributed by atoms with Crippen LogP contribution in [0.4, 0.5) is 5.69 Å². The Bertz CT molecular complexity index is 510. The zero-order valence-electron chi connectivity index (χ0n) is 11.3. The van der Waals surface area contributed by atoms with Gasteiger partial charge in [0.1, 0.15) is 11.3 Å². The Morgan fingerprint density at radius 2 is 2.30 bits per heavy atom. The molecule has 1 saturated heterocycles. The maximum Gasteiger partial charge on any atom is 0.339 e. The highest BCUT2D eigenvalue weighted by molar-refractivity contribution is 5.94. The molecule has 0 spiro atoms. The number of hydrogen-bond acceptors (Lipinski definition) is 4. The van der Waals surface area contributed by atoms with Crippen molar-refractivity contribution >= 4 is 17.6 Å². The number of nitrogens with one attached hydrogen (secondary N) is 2. The number of carboxylic acids is 1. The molecule has 1 heterocycles. The first-order chi connectivity index (χ1) is 9.60. The zero-order valence-corrected chi connectivity index (χ0v) is 11.3. The van der Waals surface area contributed by atoms with Crippen molar-refractivity contribution in [2.45, 2.75) is 25.3 Å². The van der Waals surface area contributed by atoms with E-state index in [1.165, 1.54) is 19.2 Å². The normalized spacial score (nSPS) is 17.8. The molecule has 1 aliphatic rings. The van der Waals surface area contributed by atoms with E-state index in [-0.39, 0.29) is 23.3 Å². The van der Waals surface area contributed by atoms with Gasteiger partial charge in [-0.3, -0.25) is 4.79 Å². The number of ether oxygens (including phenoxy) is 1. The fraction of sp³-hybridized carbons (Fsp3) is 0.429. The molecule has 1 unspecified atom stereocenters. The summed E-state index contributed by atoms with van der Waals surface area (Å²) in [6.45, 7) is 0.957. The van der Waals surface area contributed by atoms with Crippen LogP contribution < -0.4 is 15.4 Å². The second-order valence-corrected chi connectivity index (χ2v) is 4.77. The third-order valence-corrected chi connectivity index (χ3v) is 3.31. The quantitative estimate of drug-likeness (QED) is 0.759. The monoisotopic (exact) mass is 278 g/mol. The van der Waals surface area contributed by atoms with E-state index >= 15 is 0 Å². The highest BCUT2D eigenvalue weighted by atomic mass is 16.5. The molecule has 3 N–H and O–H groups in total. The Balaban J connectivity index is 2.01. The van der Waals surface area contributed by atoms with Gasteiger partial charge in [-0.05, 0) is 31.5 Å². The molecule has 2 rings (SSSR count). The minimum atomic E-state index is -1.06. The van der Waals surface area contributed by atoms with E-state index in [0.29, 0.717) is 12.1 Å². The topological polar surface area (TPSA) is 87.7 Å². The van der Waals surface area contributed by atoms with E-state index in [1.807, 2.05) is 0 Å². The molecule has 1 aliphatic heterocycles. The lowest BCUT2D eigenvalue weighted by Crippen LogP contribution is -2.27. The van der Waals surface area contributed by atoms with Gasteiger partial charge in [-0.15, -0.1) is 0 Å². The summed E-state index contributed by atoms with van der Waals surface area (Å²) in [4.78, 5) is 22.8. The fourth-order valence-electron chi connectivity index (χ4n) is 2.31. The minimum Gasteiger partial charge on any atom is -0.496 e. The van der Waals surface area contributed by atoms with E-state index in [0.717, 1.165) is 19.4 Å². The second kappa shape index (κ2) is 6.38. The number of carbonyl (C=O) groups is 2. The van der Waals surface area contributed by atoms with Crippen molar-refractivity contribution in [1.29, 1.82) is 0 Å². The molecule has 6 nitrogen and oxygen atoms in total.